The quantitative estimate of drug-likeness (QED) is 0.661. The summed E-state index contributed by atoms with van der Waals surface area (Å²) in [4.78, 5) is 11.1. The molecule has 1 aromatic rings. The van der Waals surface area contributed by atoms with E-state index < -0.39 is 34.2 Å². The molecule has 1 N–H and O–H groups in total. The summed E-state index contributed by atoms with van der Waals surface area (Å²) in [5, 5.41) is 8.33. The molecule has 0 fully saturated rings. The van der Waals surface area contributed by atoms with Crippen molar-refractivity contribution in [1.29, 1.82) is 0 Å². The van der Waals surface area contributed by atoms with E-state index in [0.717, 1.165) is 6.07 Å². The molecule has 0 spiro atoms. The number of Topliss-reactive ketones (excluding diaryl/α,β-unsaturated/α-hetero) is 1. The number of rotatable bonds is 2. The molecule has 1 aromatic carbocycles. The minimum atomic E-state index is -4.74. The third kappa shape index (κ3) is 2.59. The first-order valence-electron chi connectivity index (χ1n) is 3.96. The van der Waals surface area contributed by atoms with E-state index in [-0.39, 0.29) is 5.56 Å². The lowest BCUT2D eigenvalue weighted by Gasteiger charge is -2.11. The molecular formula is C9H5Cl2F3O2. The molecular weight excluding hydrogens is 268 g/mol. The molecule has 2 nitrogen and oxygen atoms in total. The molecule has 0 aliphatic rings. The van der Waals surface area contributed by atoms with Gasteiger partial charge in [0, 0.05) is 5.56 Å². The zero-order valence-electron chi connectivity index (χ0n) is 7.61. The standard InChI is InChI=1S/C9H5Cl2F3O2/c10-3-7(16)4-1-5(9(12,13)14)8(11)6(15)2-4/h1-2,15H,3H2. The zero-order valence-corrected chi connectivity index (χ0v) is 9.12. The summed E-state index contributed by atoms with van der Waals surface area (Å²) in [5.74, 6) is -2.00. The van der Waals surface area contributed by atoms with Crippen LogP contribution >= 0.6 is 23.2 Å². The van der Waals surface area contributed by atoms with E-state index in [1.54, 1.807) is 0 Å². The van der Waals surface area contributed by atoms with Crippen LogP contribution in [0.4, 0.5) is 13.2 Å². The van der Waals surface area contributed by atoms with Crippen molar-refractivity contribution in [3.8, 4) is 5.75 Å². The van der Waals surface area contributed by atoms with Crippen LogP contribution in [0.2, 0.25) is 5.02 Å². The third-order valence-electron chi connectivity index (χ3n) is 1.80. The second-order valence-corrected chi connectivity index (χ2v) is 3.56. The fourth-order valence-corrected chi connectivity index (χ4v) is 1.42. The van der Waals surface area contributed by atoms with E-state index in [4.69, 9.17) is 28.3 Å². The average Bonchev–Trinajstić information content (AvgIpc) is 2.18. The number of alkyl halides is 4. The van der Waals surface area contributed by atoms with Crippen LogP contribution in [0.3, 0.4) is 0 Å². The normalized spacial score (nSPS) is 11.6. The number of phenolic OH excluding ortho intramolecular Hbond substituents is 1. The molecule has 0 aliphatic carbocycles. The van der Waals surface area contributed by atoms with Crippen molar-refractivity contribution < 1.29 is 23.1 Å². The lowest BCUT2D eigenvalue weighted by Crippen LogP contribution is -2.09. The Balaban J connectivity index is 3.39. The minimum Gasteiger partial charge on any atom is -0.506 e. The lowest BCUT2D eigenvalue weighted by molar-refractivity contribution is -0.137. The van der Waals surface area contributed by atoms with Gasteiger partial charge < -0.3 is 5.11 Å². The van der Waals surface area contributed by atoms with Crippen LogP contribution < -0.4 is 0 Å². The fourth-order valence-electron chi connectivity index (χ4n) is 1.05. The van der Waals surface area contributed by atoms with E-state index in [1.807, 2.05) is 0 Å². The van der Waals surface area contributed by atoms with Gasteiger partial charge >= 0.3 is 6.18 Å². The fraction of sp³-hybridized carbons (Fsp3) is 0.222. The molecule has 0 amide bonds. The molecule has 88 valence electrons. The Morgan fingerprint density at radius 3 is 2.38 bits per heavy atom. The number of phenols is 1. The van der Waals surface area contributed by atoms with Crippen LogP contribution in [0.15, 0.2) is 12.1 Å². The average molecular weight is 273 g/mol. The molecule has 0 aliphatic heterocycles. The highest BCUT2D eigenvalue weighted by atomic mass is 35.5. The molecule has 7 heteroatoms. The highest BCUT2D eigenvalue weighted by molar-refractivity contribution is 6.33. The number of carbonyl (C=O) groups is 1. The first kappa shape index (κ1) is 13.1. The Labute approximate surface area is 98.6 Å². The number of carbonyl (C=O) groups excluding carboxylic acids is 1. The van der Waals surface area contributed by atoms with Gasteiger partial charge in [0.05, 0.1) is 16.5 Å². The lowest BCUT2D eigenvalue weighted by atomic mass is 10.1. The minimum absolute atomic E-state index is 0.329. The van der Waals surface area contributed by atoms with Crippen molar-refractivity contribution in [1.82, 2.24) is 0 Å². The smallest absolute Gasteiger partial charge is 0.418 e. The summed E-state index contributed by atoms with van der Waals surface area (Å²) in [5.41, 5.74) is -1.59. The van der Waals surface area contributed by atoms with Gasteiger partial charge in [0.15, 0.2) is 5.78 Å². The molecule has 0 radical (unpaired) electrons. The van der Waals surface area contributed by atoms with Gasteiger partial charge in [0.2, 0.25) is 0 Å². The van der Waals surface area contributed by atoms with E-state index in [1.165, 1.54) is 0 Å². The van der Waals surface area contributed by atoms with Crippen LogP contribution in [0, 0.1) is 0 Å². The van der Waals surface area contributed by atoms with E-state index in [2.05, 4.69) is 0 Å². The van der Waals surface area contributed by atoms with Crippen LogP contribution in [0.5, 0.6) is 5.75 Å². The molecule has 0 bridgehead atoms. The summed E-state index contributed by atoms with van der Waals surface area (Å²) in [6.45, 7) is 0. The molecule has 0 atom stereocenters. The van der Waals surface area contributed by atoms with Crippen LogP contribution in [0.1, 0.15) is 15.9 Å². The highest BCUT2D eigenvalue weighted by Crippen LogP contribution is 2.39. The van der Waals surface area contributed by atoms with Crippen molar-refractivity contribution in [2.45, 2.75) is 6.18 Å². The molecule has 0 heterocycles. The van der Waals surface area contributed by atoms with Crippen molar-refractivity contribution >= 4 is 29.0 Å². The Morgan fingerprint density at radius 2 is 1.94 bits per heavy atom. The Kier molecular flexibility index (Phi) is 3.70. The van der Waals surface area contributed by atoms with Crippen LogP contribution in [-0.2, 0) is 6.18 Å². The predicted octanol–water partition coefficient (Wildman–Crippen LogP) is 3.49. The van der Waals surface area contributed by atoms with Gasteiger partial charge in [-0.25, -0.2) is 0 Å². The van der Waals surface area contributed by atoms with Crippen LogP contribution in [0.25, 0.3) is 0 Å². The summed E-state index contributed by atoms with van der Waals surface area (Å²) in [7, 11) is 0. The van der Waals surface area contributed by atoms with Crippen molar-refractivity contribution in [3.63, 3.8) is 0 Å². The molecule has 0 aromatic heterocycles. The maximum Gasteiger partial charge on any atom is 0.418 e. The molecule has 1 rings (SSSR count). The summed E-state index contributed by atoms with van der Waals surface area (Å²) in [6.07, 6.45) is -4.74. The predicted molar refractivity (Wildman–Crippen MR) is 53.2 cm³/mol. The maximum atomic E-state index is 12.4. The number of aromatic hydroxyl groups is 1. The number of hydrogen-bond acceptors (Lipinski definition) is 2. The summed E-state index contributed by atoms with van der Waals surface area (Å²) in [6, 6.07) is 1.41. The van der Waals surface area contributed by atoms with E-state index in [0.29, 0.717) is 6.07 Å². The second kappa shape index (κ2) is 4.51. The van der Waals surface area contributed by atoms with Gasteiger partial charge in [-0.2, -0.15) is 13.2 Å². The SMILES string of the molecule is O=C(CCl)c1cc(O)c(Cl)c(C(F)(F)F)c1. The number of ketones is 1. The Morgan fingerprint density at radius 1 is 1.38 bits per heavy atom. The van der Waals surface area contributed by atoms with Crippen molar-refractivity contribution in [3.05, 3.63) is 28.3 Å². The van der Waals surface area contributed by atoms with E-state index >= 15 is 0 Å². The second-order valence-electron chi connectivity index (χ2n) is 2.91. The van der Waals surface area contributed by atoms with Gasteiger partial charge in [-0.15, -0.1) is 11.6 Å². The van der Waals surface area contributed by atoms with Crippen molar-refractivity contribution in [2.75, 3.05) is 5.88 Å². The number of hydrogen-bond donors (Lipinski definition) is 1. The van der Waals surface area contributed by atoms with Gasteiger partial charge in [-0.3, -0.25) is 4.79 Å². The zero-order chi connectivity index (χ0) is 12.5. The topological polar surface area (TPSA) is 37.3 Å². The monoisotopic (exact) mass is 272 g/mol. The Hall–Kier alpha value is -0.940. The Bertz CT molecular complexity index is 429. The molecule has 0 unspecified atom stereocenters. The van der Waals surface area contributed by atoms with E-state index in [9.17, 15) is 18.0 Å². The first-order chi connectivity index (χ1) is 7.27. The van der Waals surface area contributed by atoms with Gasteiger partial charge in [0.1, 0.15) is 5.75 Å². The highest BCUT2D eigenvalue weighted by Gasteiger charge is 2.35. The largest absolute Gasteiger partial charge is 0.506 e. The first-order valence-corrected chi connectivity index (χ1v) is 4.87. The molecule has 16 heavy (non-hydrogen) atoms. The van der Waals surface area contributed by atoms with Crippen LogP contribution in [-0.4, -0.2) is 16.8 Å². The summed E-state index contributed by atoms with van der Waals surface area (Å²) < 4.78 is 37.3. The summed E-state index contributed by atoms with van der Waals surface area (Å²) >= 11 is 10.5. The third-order valence-corrected chi connectivity index (χ3v) is 2.44. The molecule has 0 saturated heterocycles. The van der Waals surface area contributed by atoms with Gasteiger partial charge in [0.25, 0.3) is 0 Å². The van der Waals surface area contributed by atoms with Gasteiger partial charge in [-0.05, 0) is 12.1 Å². The van der Waals surface area contributed by atoms with Crippen molar-refractivity contribution in [2.24, 2.45) is 0 Å². The number of halogens is 5. The molecule has 0 saturated carbocycles. The maximum absolute atomic E-state index is 12.4. The van der Waals surface area contributed by atoms with Gasteiger partial charge in [-0.1, -0.05) is 11.6 Å². The number of benzene rings is 1.